The van der Waals surface area contributed by atoms with Gasteiger partial charge in [0.2, 0.25) is 0 Å². The van der Waals surface area contributed by atoms with Crippen molar-refractivity contribution in [2.75, 3.05) is 25.4 Å². The fraction of sp³-hybridized carbons (Fsp3) is 0.625. The van der Waals surface area contributed by atoms with Gasteiger partial charge in [0, 0.05) is 19.6 Å². The summed E-state index contributed by atoms with van der Waals surface area (Å²) >= 11 is 2.17. The largest absolute Gasteiger partial charge is 0.449 e. The van der Waals surface area contributed by atoms with E-state index in [4.69, 9.17) is 10.5 Å². The van der Waals surface area contributed by atoms with Crippen LogP contribution < -0.4 is 5.73 Å². The maximum atomic E-state index is 12.0. The molecule has 136 valence electrons. The van der Waals surface area contributed by atoms with E-state index >= 15 is 0 Å². The van der Waals surface area contributed by atoms with Gasteiger partial charge in [-0.25, -0.2) is 19.4 Å². The standard InChI is InChI=1S/C16H23IN6O2/c1-2-3-8-25-16(24)22-6-4-11(5-7-22)9-23-15-12(13(17)21-23)14(18)19-10-20-15/h10-11H,2-9H2,1H3,(H2,18,19,20). The second kappa shape index (κ2) is 8.15. The molecule has 25 heavy (non-hydrogen) atoms. The molecule has 0 bridgehead atoms. The van der Waals surface area contributed by atoms with Crippen LogP contribution in [0.4, 0.5) is 10.6 Å². The van der Waals surface area contributed by atoms with Gasteiger partial charge < -0.3 is 15.4 Å². The fourth-order valence-electron chi connectivity index (χ4n) is 3.05. The summed E-state index contributed by atoms with van der Waals surface area (Å²) in [6.45, 7) is 4.81. The number of hydrogen-bond acceptors (Lipinski definition) is 6. The average Bonchev–Trinajstić information content (AvgIpc) is 2.93. The molecule has 0 aliphatic carbocycles. The lowest BCUT2D eigenvalue weighted by atomic mass is 9.97. The molecule has 0 unspecified atom stereocenters. The monoisotopic (exact) mass is 458 g/mol. The van der Waals surface area contributed by atoms with Crippen LogP contribution >= 0.6 is 22.6 Å². The summed E-state index contributed by atoms with van der Waals surface area (Å²) in [5.74, 6) is 0.917. The summed E-state index contributed by atoms with van der Waals surface area (Å²) in [6, 6.07) is 0. The van der Waals surface area contributed by atoms with E-state index in [1.54, 1.807) is 4.90 Å². The number of nitrogens with zero attached hydrogens (tertiary/aromatic N) is 5. The van der Waals surface area contributed by atoms with Crippen LogP contribution in [0.15, 0.2) is 6.33 Å². The minimum Gasteiger partial charge on any atom is -0.449 e. The van der Waals surface area contributed by atoms with E-state index in [2.05, 4.69) is 44.6 Å². The predicted molar refractivity (Wildman–Crippen MR) is 103 cm³/mol. The maximum Gasteiger partial charge on any atom is 0.409 e. The minimum atomic E-state index is -0.188. The molecular weight excluding hydrogens is 435 g/mol. The number of carbonyl (C=O) groups excluding carboxylic acids is 1. The number of halogens is 1. The van der Waals surface area contributed by atoms with Crippen molar-refractivity contribution in [3.05, 3.63) is 10.0 Å². The van der Waals surface area contributed by atoms with Crippen molar-refractivity contribution in [1.29, 1.82) is 0 Å². The predicted octanol–water partition coefficient (Wildman–Crippen LogP) is 2.66. The van der Waals surface area contributed by atoms with E-state index in [0.717, 1.165) is 60.1 Å². The van der Waals surface area contributed by atoms with Crippen LogP contribution in [0.2, 0.25) is 0 Å². The zero-order valence-corrected chi connectivity index (χ0v) is 16.5. The lowest BCUT2D eigenvalue weighted by Gasteiger charge is -2.31. The lowest BCUT2D eigenvalue weighted by molar-refractivity contribution is 0.0847. The van der Waals surface area contributed by atoms with Gasteiger partial charge in [-0.05, 0) is 47.8 Å². The van der Waals surface area contributed by atoms with Crippen LogP contribution in [-0.2, 0) is 11.3 Å². The number of aromatic nitrogens is 4. The van der Waals surface area contributed by atoms with E-state index in [-0.39, 0.29) is 6.09 Å². The molecular formula is C16H23IN6O2. The van der Waals surface area contributed by atoms with Crippen LogP contribution in [-0.4, -0.2) is 50.4 Å². The Morgan fingerprint density at radius 3 is 2.88 bits per heavy atom. The SMILES string of the molecule is CCCCOC(=O)N1CCC(Cn2nc(I)c3c(N)ncnc32)CC1. The molecule has 9 heteroatoms. The highest BCUT2D eigenvalue weighted by atomic mass is 127. The van der Waals surface area contributed by atoms with Gasteiger partial charge in [0.1, 0.15) is 15.8 Å². The first-order valence-electron chi connectivity index (χ1n) is 8.64. The van der Waals surface area contributed by atoms with Gasteiger partial charge in [-0.3, -0.25) is 0 Å². The zero-order valence-electron chi connectivity index (χ0n) is 14.3. The van der Waals surface area contributed by atoms with E-state index in [1.807, 2.05) is 4.68 Å². The van der Waals surface area contributed by atoms with Gasteiger partial charge >= 0.3 is 6.09 Å². The Bertz CT molecular complexity index is 742. The first-order chi connectivity index (χ1) is 12.1. The number of nitrogens with two attached hydrogens (primary N) is 1. The Morgan fingerprint density at radius 2 is 2.16 bits per heavy atom. The van der Waals surface area contributed by atoms with Gasteiger partial charge in [-0.2, -0.15) is 5.10 Å². The highest BCUT2D eigenvalue weighted by Gasteiger charge is 2.25. The first kappa shape index (κ1) is 18.2. The molecule has 1 fully saturated rings. The van der Waals surface area contributed by atoms with Crippen LogP contribution in [0, 0.1) is 9.62 Å². The molecule has 3 rings (SSSR count). The Balaban J connectivity index is 1.58. The quantitative estimate of drug-likeness (QED) is 0.547. The van der Waals surface area contributed by atoms with Crippen LogP contribution in [0.1, 0.15) is 32.6 Å². The molecule has 1 amide bonds. The number of ether oxygens (including phenoxy) is 1. The molecule has 3 heterocycles. The summed E-state index contributed by atoms with van der Waals surface area (Å²) in [4.78, 5) is 22.2. The van der Waals surface area contributed by atoms with Crippen molar-refractivity contribution in [3.8, 4) is 0 Å². The second-order valence-corrected chi connectivity index (χ2v) is 7.35. The number of piperidine rings is 1. The van der Waals surface area contributed by atoms with Gasteiger partial charge in [-0.1, -0.05) is 13.3 Å². The molecule has 0 atom stereocenters. The molecule has 2 aromatic rings. The molecule has 0 aromatic carbocycles. The van der Waals surface area contributed by atoms with Crippen molar-refractivity contribution in [3.63, 3.8) is 0 Å². The van der Waals surface area contributed by atoms with Gasteiger partial charge in [0.25, 0.3) is 0 Å². The van der Waals surface area contributed by atoms with E-state index in [1.165, 1.54) is 6.33 Å². The van der Waals surface area contributed by atoms with E-state index in [0.29, 0.717) is 18.3 Å². The number of carbonyl (C=O) groups is 1. The topological polar surface area (TPSA) is 99.2 Å². The number of unbranched alkanes of at least 4 members (excludes halogenated alkanes) is 1. The average molecular weight is 458 g/mol. The molecule has 2 N–H and O–H groups in total. The Labute approximate surface area is 160 Å². The second-order valence-electron chi connectivity index (χ2n) is 6.33. The molecule has 1 aliphatic rings. The number of amides is 1. The molecule has 8 nitrogen and oxygen atoms in total. The third-order valence-corrected chi connectivity index (χ3v) is 5.30. The van der Waals surface area contributed by atoms with Gasteiger partial charge in [0.15, 0.2) is 5.65 Å². The van der Waals surface area contributed by atoms with Crippen molar-refractivity contribution >= 4 is 45.5 Å². The van der Waals surface area contributed by atoms with E-state index in [9.17, 15) is 4.79 Å². The maximum absolute atomic E-state index is 12.0. The summed E-state index contributed by atoms with van der Waals surface area (Å²) in [5, 5.41) is 5.38. The van der Waals surface area contributed by atoms with Crippen molar-refractivity contribution in [2.24, 2.45) is 5.92 Å². The van der Waals surface area contributed by atoms with E-state index < -0.39 is 0 Å². The van der Waals surface area contributed by atoms with Crippen molar-refractivity contribution in [1.82, 2.24) is 24.6 Å². The van der Waals surface area contributed by atoms with Crippen LogP contribution in [0.25, 0.3) is 11.0 Å². The third-order valence-electron chi connectivity index (χ3n) is 4.54. The van der Waals surface area contributed by atoms with Crippen LogP contribution in [0.5, 0.6) is 0 Å². The van der Waals surface area contributed by atoms with Gasteiger partial charge in [-0.15, -0.1) is 0 Å². The smallest absolute Gasteiger partial charge is 0.409 e. The summed E-state index contributed by atoms with van der Waals surface area (Å²) < 4.78 is 8.02. The molecule has 0 saturated carbocycles. The number of hydrogen-bond donors (Lipinski definition) is 1. The molecule has 1 aliphatic heterocycles. The fourth-order valence-corrected chi connectivity index (χ4v) is 3.83. The number of anilines is 1. The number of rotatable bonds is 5. The summed E-state index contributed by atoms with van der Waals surface area (Å²) in [6.07, 6.45) is 5.09. The molecule has 0 spiro atoms. The first-order valence-corrected chi connectivity index (χ1v) is 9.72. The Hall–Kier alpha value is -1.65. The number of fused-ring (bicyclic) bond motifs is 1. The highest BCUT2D eigenvalue weighted by molar-refractivity contribution is 14.1. The summed E-state index contributed by atoms with van der Waals surface area (Å²) in [5.41, 5.74) is 6.71. The van der Waals surface area contributed by atoms with Gasteiger partial charge in [0.05, 0.1) is 12.0 Å². The molecule has 2 aromatic heterocycles. The number of nitrogen functional groups attached to an aromatic ring is 1. The Morgan fingerprint density at radius 1 is 1.40 bits per heavy atom. The lowest BCUT2D eigenvalue weighted by Crippen LogP contribution is -2.39. The molecule has 0 radical (unpaired) electrons. The van der Waals surface area contributed by atoms with Crippen LogP contribution in [0.3, 0.4) is 0 Å². The third kappa shape index (κ3) is 4.13. The Kier molecular flexibility index (Phi) is 5.92. The highest BCUT2D eigenvalue weighted by Crippen LogP contribution is 2.25. The van der Waals surface area contributed by atoms with Crippen molar-refractivity contribution < 1.29 is 9.53 Å². The summed E-state index contributed by atoms with van der Waals surface area (Å²) in [7, 11) is 0. The molecule has 1 saturated heterocycles. The minimum absolute atomic E-state index is 0.188. The zero-order chi connectivity index (χ0) is 17.8. The number of likely N-dealkylation sites (tertiary alicyclic amines) is 1. The van der Waals surface area contributed by atoms with Crippen molar-refractivity contribution in [2.45, 2.75) is 39.2 Å². The normalized spacial score (nSPS) is 15.7.